The number of amides is 1. The zero-order valence-corrected chi connectivity index (χ0v) is 24.5. The van der Waals surface area contributed by atoms with Gasteiger partial charge < -0.3 is 28.8 Å². The molecule has 2 fully saturated rings. The first-order valence-corrected chi connectivity index (χ1v) is 14.6. The Labute approximate surface area is 243 Å². The van der Waals surface area contributed by atoms with E-state index in [9.17, 15) is 13.6 Å². The number of benzene rings is 2. The average molecular weight is 590 g/mol. The molecule has 5 rings (SSSR count). The Bertz CT molecular complexity index is 1450. The van der Waals surface area contributed by atoms with E-state index >= 15 is 4.39 Å². The van der Waals surface area contributed by atoms with Crippen LogP contribution in [0.2, 0.25) is 0 Å². The van der Waals surface area contributed by atoms with Gasteiger partial charge in [-0.1, -0.05) is 26.7 Å². The Balaban J connectivity index is 1.61. The Hall–Kier alpha value is -3.47. The number of ether oxygens (including phenoxy) is 4. The second kappa shape index (κ2) is 12.0. The third-order valence-corrected chi connectivity index (χ3v) is 7.80. The Kier molecular flexibility index (Phi) is 8.59. The molecule has 1 saturated carbocycles. The molecular weight excluding hydrogens is 551 g/mol. The van der Waals surface area contributed by atoms with Crippen LogP contribution in [-0.2, 0) is 10.3 Å². The summed E-state index contributed by atoms with van der Waals surface area (Å²) in [5.74, 6) is -2.99. The van der Waals surface area contributed by atoms with Gasteiger partial charge in [0.25, 0.3) is 11.8 Å². The Morgan fingerprint density at radius 3 is 2.33 bits per heavy atom. The number of carbonyl (C=O) groups excluding carboxylic acids is 1. The fourth-order valence-electron chi connectivity index (χ4n) is 5.31. The zero-order chi connectivity index (χ0) is 30.1. The largest absolute Gasteiger partial charge is 0.493 e. The highest BCUT2D eigenvalue weighted by Crippen LogP contribution is 2.46. The molecule has 228 valence electrons. The van der Waals surface area contributed by atoms with E-state index in [2.05, 4.69) is 5.32 Å². The molecule has 2 heterocycles. The van der Waals surface area contributed by atoms with Crippen LogP contribution in [0.3, 0.4) is 0 Å². The van der Waals surface area contributed by atoms with E-state index in [-0.39, 0.29) is 29.9 Å². The number of methoxy groups -OCH3 is 1. The molecule has 0 spiro atoms. The molecule has 2 aromatic carbocycles. The van der Waals surface area contributed by atoms with Crippen LogP contribution < -0.4 is 19.5 Å². The van der Waals surface area contributed by atoms with Crippen LogP contribution in [-0.4, -0.2) is 61.0 Å². The van der Waals surface area contributed by atoms with Crippen LogP contribution in [0.1, 0.15) is 69.7 Å². The second-order valence-electron chi connectivity index (χ2n) is 11.4. The number of nitrogens with zero attached hydrogens (tertiary/aromatic N) is 2. The van der Waals surface area contributed by atoms with Crippen molar-refractivity contribution in [2.24, 2.45) is 0 Å². The van der Waals surface area contributed by atoms with Crippen molar-refractivity contribution in [1.82, 2.24) is 14.9 Å². The molecule has 1 aliphatic heterocycles. The van der Waals surface area contributed by atoms with E-state index in [0.29, 0.717) is 54.6 Å². The number of carbonyl (C=O) groups is 1. The highest BCUT2D eigenvalue weighted by Gasteiger charge is 2.46. The molecule has 0 radical (unpaired) electrons. The van der Waals surface area contributed by atoms with Gasteiger partial charge in [0.05, 0.1) is 55.7 Å². The van der Waals surface area contributed by atoms with E-state index in [1.54, 1.807) is 24.3 Å². The second-order valence-corrected chi connectivity index (χ2v) is 11.4. The maximum atomic E-state index is 16.5. The van der Waals surface area contributed by atoms with Gasteiger partial charge in [-0.3, -0.25) is 4.79 Å². The number of hydrogen-bond acceptors (Lipinski definition) is 6. The molecule has 42 heavy (non-hydrogen) atoms. The van der Waals surface area contributed by atoms with Crippen LogP contribution in [0, 0.1) is 5.82 Å². The first-order valence-electron chi connectivity index (χ1n) is 14.6. The molecule has 1 N–H and O–H groups in total. The Morgan fingerprint density at radius 2 is 1.76 bits per heavy atom. The number of halogens is 3. The van der Waals surface area contributed by atoms with Gasteiger partial charge in [-0.25, -0.2) is 18.2 Å². The summed E-state index contributed by atoms with van der Waals surface area (Å²) in [6, 6.07) is 5.92. The van der Waals surface area contributed by atoms with Crippen molar-refractivity contribution in [1.29, 1.82) is 0 Å². The van der Waals surface area contributed by atoms with Crippen molar-refractivity contribution in [3.63, 3.8) is 0 Å². The van der Waals surface area contributed by atoms with Crippen LogP contribution in [0.25, 0.3) is 22.4 Å². The zero-order valence-electron chi connectivity index (χ0n) is 24.5. The molecule has 1 aliphatic carbocycles. The third kappa shape index (κ3) is 5.75. The standard InChI is InChI=1S/C31H38F3N3O5/c1-5-7-11-41-26-24(39-4)14-21(25(32)27(26)42-12-8-6-2)28-36-22-10-9-19(29(38)35-20-15-31(33,34)16-20)13-23(22)37(28)30(3)17-40-18-30/h9-10,13-14,20H,5-8,11-12,15-18H2,1-4H3,(H,35,38). The smallest absolute Gasteiger partial charge is 0.252 e. The maximum absolute atomic E-state index is 16.5. The normalized spacial score (nSPS) is 17.4. The molecule has 2 aliphatic rings. The van der Waals surface area contributed by atoms with Crippen molar-refractivity contribution >= 4 is 16.9 Å². The lowest BCUT2D eigenvalue weighted by Crippen LogP contribution is -2.50. The Morgan fingerprint density at radius 1 is 1.10 bits per heavy atom. The predicted molar refractivity (Wildman–Crippen MR) is 152 cm³/mol. The van der Waals surface area contributed by atoms with Crippen LogP contribution >= 0.6 is 0 Å². The predicted octanol–water partition coefficient (Wildman–Crippen LogP) is 6.48. The number of rotatable bonds is 13. The molecule has 1 aromatic heterocycles. The minimum absolute atomic E-state index is 0.0279. The molecule has 0 atom stereocenters. The number of unbranched alkanes of at least 4 members (excludes halogenated alkanes) is 2. The van der Waals surface area contributed by atoms with Crippen LogP contribution in [0.4, 0.5) is 13.2 Å². The lowest BCUT2D eigenvalue weighted by atomic mass is 9.88. The van der Waals surface area contributed by atoms with Crippen molar-refractivity contribution in [2.45, 2.75) is 76.8 Å². The monoisotopic (exact) mass is 589 g/mol. The summed E-state index contributed by atoms with van der Waals surface area (Å²) in [6.45, 7) is 7.44. The minimum atomic E-state index is -2.74. The lowest BCUT2D eigenvalue weighted by Gasteiger charge is -2.41. The number of fused-ring (bicyclic) bond motifs is 1. The van der Waals surface area contributed by atoms with Gasteiger partial charge in [-0.05, 0) is 44.0 Å². The molecule has 0 unspecified atom stereocenters. The summed E-state index contributed by atoms with van der Waals surface area (Å²) in [5, 5.41) is 2.68. The summed E-state index contributed by atoms with van der Waals surface area (Å²) in [5.41, 5.74) is 1.02. The van der Waals surface area contributed by atoms with Gasteiger partial charge in [0.15, 0.2) is 11.6 Å². The summed E-state index contributed by atoms with van der Waals surface area (Å²) in [7, 11) is 1.49. The van der Waals surface area contributed by atoms with Crippen molar-refractivity contribution in [3.05, 3.63) is 35.6 Å². The van der Waals surface area contributed by atoms with E-state index in [4.69, 9.17) is 23.9 Å². The number of nitrogens with one attached hydrogen (secondary N) is 1. The molecule has 8 nitrogen and oxygen atoms in total. The van der Waals surface area contributed by atoms with Gasteiger partial charge in [0.2, 0.25) is 11.5 Å². The number of alkyl halides is 2. The average Bonchev–Trinajstić information content (AvgIpc) is 3.31. The first kappa shape index (κ1) is 30.0. The SMILES string of the molecule is CCCCOc1c(OC)cc(-c2nc3ccc(C(=O)NC4CC(F)(F)C4)cc3n2C2(C)COC2)c(F)c1OCCCC. The van der Waals surface area contributed by atoms with Crippen LogP contribution in [0.5, 0.6) is 17.2 Å². The summed E-state index contributed by atoms with van der Waals surface area (Å²) >= 11 is 0. The quantitative estimate of drug-likeness (QED) is 0.230. The lowest BCUT2D eigenvalue weighted by molar-refractivity contribution is -0.0901. The highest BCUT2D eigenvalue weighted by atomic mass is 19.3. The van der Waals surface area contributed by atoms with Crippen molar-refractivity contribution in [3.8, 4) is 28.6 Å². The molecule has 3 aromatic rings. The topological polar surface area (TPSA) is 83.8 Å². The molecule has 11 heteroatoms. The third-order valence-electron chi connectivity index (χ3n) is 7.80. The molecule has 1 saturated heterocycles. The van der Waals surface area contributed by atoms with E-state index in [1.165, 1.54) is 7.11 Å². The first-order chi connectivity index (χ1) is 20.1. The maximum Gasteiger partial charge on any atom is 0.252 e. The molecule has 0 bridgehead atoms. The van der Waals surface area contributed by atoms with Gasteiger partial charge in [0.1, 0.15) is 5.82 Å². The van der Waals surface area contributed by atoms with E-state index < -0.39 is 29.2 Å². The summed E-state index contributed by atoms with van der Waals surface area (Å²) in [4.78, 5) is 17.8. The van der Waals surface area contributed by atoms with Gasteiger partial charge in [-0.2, -0.15) is 0 Å². The van der Waals surface area contributed by atoms with Gasteiger partial charge in [0, 0.05) is 24.4 Å². The summed E-state index contributed by atoms with van der Waals surface area (Å²) in [6.07, 6.45) is 2.55. The fraction of sp³-hybridized carbons (Fsp3) is 0.548. The van der Waals surface area contributed by atoms with E-state index in [1.807, 2.05) is 25.3 Å². The summed E-state index contributed by atoms with van der Waals surface area (Å²) < 4.78 is 68.1. The van der Waals surface area contributed by atoms with Crippen LogP contribution in [0.15, 0.2) is 24.3 Å². The van der Waals surface area contributed by atoms with Crippen molar-refractivity contribution in [2.75, 3.05) is 33.5 Å². The van der Waals surface area contributed by atoms with E-state index in [0.717, 1.165) is 25.7 Å². The van der Waals surface area contributed by atoms with Gasteiger partial charge >= 0.3 is 0 Å². The molecular formula is C31H38F3N3O5. The number of imidazole rings is 1. The fourth-order valence-corrected chi connectivity index (χ4v) is 5.31. The number of aromatic nitrogens is 2. The van der Waals surface area contributed by atoms with Crippen molar-refractivity contribution < 1.29 is 36.9 Å². The molecule has 1 amide bonds. The van der Waals surface area contributed by atoms with Gasteiger partial charge in [-0.15, -0.1) is 0 Å². The highest BCUT2D eigenvalue weighted by molar-refractivity contribution is 5.98. The number of hydrogen-bond donors (Lipinski definition) is 1. The minimum Gasteiger partial charge on any atom is -0.493 e.